The molecule has 0 radical (unpaired) electrons. The van der Waals surface area contributed by atoms with Gasteiger partial charge in [0, 0.05) is 0 Å². The van der Waals surface area contributed by atoms with Gasteiger partial charge in [0.1, 0.15) is 0 Å². The van der Waals surface area contributed by atoms with Crippen LogP contribution in [0.5, 0.6) is 0 Å². The number of fused-ring (bicyclic) bond motifs is 3. The summed E-state index contributed by atoms with van der Waals surface area (Å²) in [6.45, 7) is 8.00. The number of rotatable bonds is 0. The van der Waals surface area contributed by atoms with E-state index in [1.54, 1.807) is 57.8 Å². The van der Waals surface area contributed by atoms with E-state index < -0.39 is 0 Å². The van der Waals surface area contributed by atoms with Crippen LogP contribution in [0.3, 0.4) is 0 Å². The summed E-state index contributed by atoms with van der Waals surface area (Å²) in [6.07, 6.45) is 14.2. The van der Waals surface area contributed by atoms with Crippen molar-refractivity contribution in [3.05, 3.63) is 0 Å². The summed E-state index contributed by atoms with van der Waals surface area (Å²) in [7, 11) is 0. The second-order valence-corrected chi connectivity index (χ2v) is 5.64. The highest BCUT2D eigenvalue weighted by Gasteiger charge is 2.41. The van der Waals surface area contributed by atoms with Crippen LogP contribution in [0.25, 0.3) is 0 Å². The summed E-state index contributed by atoms with van der Waals surface area (Å²) in [5, 5.41) is 0. The lowest BCUT2D eigenvalue weighted by molar-refractivity contribution is 0.0729. The topological polar surface area (TPSA) is 0 Å². The minimum absolute atomic E-state index is 1.16. The third-order valence-electron chi connectivity index (χ3n) is 5.14. The molecule has 4 unspecified atom stereocenters. The highest BCUT2D eigenvalue weighted by atomic mass is 14.5. The molecule has 0 aromatic carbocycles. The zero-order chi connectivity index (χ0) is 12.7. The summed E-state index contributed by atoms with van der Waals surface area (Å²) >= 11 is 0. The Morgan fingerprint density at radius 1 is 0.471 bits per heavy atom. The van der Waals surface area contributed by atoms with Crippen LogP contribution in [-0.4, -0.2) is 0 Å². The maximum absolute atomic E-state index is 2.00. The molecule has 0 heteroatoms. The van der Waals surface area contributed by atoms with Gasteiger partial charge >= 0.3 is 0 Å². The molecule has 0 saturated heterocycles. The van der Waals surface area contributed by atoms with Gasteiger partial charge in [-0.25, -0.2) is 0 Å². The Kier molecular flexibility index (Phi) is 7.23. The van der Waals surface area contributed by atoms with Gasteiger partial charge in [-0.15, -0.1) is 0 Å². The van der Waals surface area contributed by atoms with Crippen molar-refractivity contribution >= 4 is 0 Å². The fourth-order valence-corrected chi connectivity index (χ4v) is 4.57. The summed E-state index contributed by atoms with van der Waals surface area (Å²) in [4.78, 5) is 0. The molecule has 3 rings (SSSR count). The average Bonchev–Trinajstić information content (AvgIpc) is 2.92. The van der Waals surface area contributed by atoms with E-state index in [4.69, 9.17) is 0 Å². The maximum Gasteiger partial charge on any atom is -0.0355 e. The van der Waals surface area contributed by atoms with E-state index in [1.807, 2.05) is 27.7 Å². The van der Waals surface area contributed by atoms with Crippen LogP contribution < -0.4 is 0 Å². The van der Waals surface area contributed by atoms with Gasteiger partial charge in [-0.3, -0.25) is 0 Å². The van der Waals surface area contributed by atoms with Crippen molar-refractivity contribution in [3.8, 4) is 0 Å². The first-order chi connectivity index (χ1) is 8.45. The molecule has 0 nitrogen and oxygen atoms in total. The average molecular weight is 238 g/mol. The first-order valence-electron chi connectivity index (χ1n) is 8.45. The molecular weight excluding hydrogens is 204 g/mol. The molecule has 3 aliphatic carbocycles. The molecule has 0 heterocycles. The molecule has 0 aromatic heterocycles. The standard InChI is InChI=1S/C13H22.2C2H6/c1-2-6-12-10(4-1)8-9-11-5-3-7-13(11)12;2*1-2/h10-13H,1-9H2;2*1-2H3. The molecule has 3 saturated carbocycles. The predicted octanol–water partition coefficient (Wildman–Crippen LogP) is 6.06. The fraction of sp³-hybridized carbons (Fsp3) is 1.00. The highest BCUT2D eigenvalue weighted by Crippen LogP contribution is 2.52. The van der Waals surface area contributed by atoms with Crippen molar-refractivity contribution in [1.82, 2.24) is 0 Å². The second-order valence-electron chi connectivity index (χ2n) is 5.64. The van der Waals surface area contributed by atoms with Gasteiger partial charge in [-0.05, 0) is 49.4 Å². The third-order valence-corrected chi connectivity index (χ3v) is 5.14. The Bertz CT molecular complexity index is 184. The molecule has 0 aromatic rings. The summed E-state index contributed by atoms with van der Waals surface area (Å²) in [5.74, 6) is 4.68. The van der Waals surface area contributed by atoms with Gasteiger partial charge in [0.2, 0.25) is 0 Å². The van der Waals surface area contributed by atoms with E-state index in [0.717, 1.165) is 5.92 Å². The van der Waals surface area contributed by atoms with Crippen molar-refractivity contribution in [3.63, 3.8) is 0 Å². The van der Waals surface area contributed by atoms with E-state index >= 15 is 0 Å². The van der Waals surface area contributed by atoms with Gasteiger partial charge in [-0.2, -0.15) is 0 Å². The van der Waals surface area contributed by atoms with Crippen molar-refractivity contribution in [2.24, 2.45) is 23.7 Å². The third kappa shape index (κ3) is 3.48. The summed E-state index contributed by atoms with van der Waals surface area (Å²) in [6, 6.07) is 0. The molecular formula is C17H34. The summed E-state index contributed by atoms with van der Waals surface area (Å²) < 4.78 is 0. The summed E-state index contributed by atoms with van der Waals surface area (Å²) in [5.41, 5.74) is 0. The minimum atomic E-state index is 1.16. The van der Waals surface area contributed by atoms with Gasteiger partial charge in [0.05, 0.1) is 0 Å². The highest BCUT2D eigenvalue weighted by molar-refractivity contribution is 4.92. The lowest BCUT2D eigenvalue weighted by Crippen LogP contribution is -2.33. The zero-order valence-electron chi connectivity index (χ0n) is 12.7. The quantitative estimate of drug-likeness (QED) is 0.481. The molecule has 0 N–H and O–H groups in total. The van der Waals surface area contributed by atoms with E-state index in [0.29, 0.717) is 0 Å². The van der Waals surface area contributed by atoms with Gasteiger partial charge in [0.25, 0.3) is 0 Å². The van der Waals surface area contributed by atoms with Gasteiger partial charge in [-0.1, -0.05) is 59.8 Å². The van der Waals surface area contributed by atoms with Crippen LogP contribution in [0.15, 0.2) is 0 Å². The Morgan fingerprint density at radius 2 is 0.882 bits per heavy atom. The molecule has 102 valence electrons. The van der Waals surface area contributed by atoms with Crippen LogP contribution in [0.4, 0.5) is 0 Å². The largest absolute Gasteiger partial charge is 0.0683 e. The van der Waals surface area contributed by atoms with Crippen LogP contribution in [-0.2, 0) is 0 Å². The second kappa shape index (κ2) is 8.16. The lowest BCUT2D eigenvalue weighted by Gasteiger charge is -2.43. The van der Waals surface area contributed by atoms with Crippen molar-refractivity contribution in [2.75, 3.05) is 0 Å². The normalized spacial score (nSPS) is 38.8. The SMILES string of the molecule is C1CCC2C(C1)CCC1CCCC12.CC.CC. The Morgan fingerprint density at radius 3 is 1.47 bits per heavy atom. The Balaban J connectivity index is 0.000000330. The molecule has 3 fully saturated rings. The fourth-order valence-electron chi connectivity index (χ4n) is 4.57. The Labute approximate surface area is 110 Å². The van der Waals surface area contributed by atoms with Crippen LogP contribution in [0.2, 0.25) is 0 Å². The smallest absolute Gasteiger partial charge is 0.0355 e. The first kappa shape index (κ1) is 15.1. The van der Waals surface area contributed by atoms with Crippen LogP contribution in [0, 0.1) is 23.7 Å². The lowest BCUT2D eigenvalue weighted by atomic mass is 9.62. The molecule has 4 atom stereocenters. The molecule has 0 amide bonds. The van der Waals surface area contributed by atoms with Crippen molar-refractivity contribution < 1.29 is 0 Å². The Hall–Kier alpha value is 0. The molecule has 0 spiro atoms. The number of hydrogen-bond donors (Lipinski definition) is 0. The van der Waals surface area contributed by atoms with Gasteiger partial charge < -0.3 is 0 Å². The molecule has 3 aliphatic rings. The molecule has 0 aliphatic heterocycles. The van der Waals surface area contributed by atoms with E-state index in [1.165, 1.54) is 17.8 Å². The van der Waals surface area contributed by atoms with Crippen LogP contribution in [0.1, 0.15) is 85.5 Å². The maximum atomic E-state index is 2.00. The molecule has 0 bridgehead atoms. The van der Waals surface area contributed by atoms with E-state index in [9.17, 15) is 0 Å². The number of hydrogen-bond acceptors (Lipinski definition) is 0. The van der Waals surface area contributed by atoms with E-state index in [-0.39, 0.29) is 0 Å². The zero-order valence-corrected chi connectivity index (χ0v) is 12.7. The van der Waals surface area contributed by atoms with Crippen molar-refractivity contribution in [2.45, 2.75) is 85.5 Å². The van der Waals surface area contributed by atoms with E-state index in [2.05, 4.69) is 0 Å². The molecule has 17 heavy (non-hydrogen) atoms. The first-order valence-corrected chi connectivity index (χ1v) is 8.45. The van der Waals surface area contributed by atoms with Crippen LogP contribution >= 0.6 is 0 Å². The van der Waals surface area contributed by atoms with Crippen molar-refractivity contribution in [1.29, 1.82) is 0 Å². The predicted molar refractivity (Wildman–Crippen MR) is 78.2 cm³/mol. The monoisotopic (exact) mass is 238 g/mol. The van der Waals surface area contributed by atoms with Gasteiger partial charge in [0.15, 0.2) is 0 Å². The minimum Gasteiger partial charge on any atom is -0.0683 e.